The molecular weight excluding hydrogens is 250 g/mol. The van der Waals surface area contributed by atoms with Crippen molar-refractivity contribution >= 4 is 15.9 Å². The van der Waals surface area contributed by atoms with E-state index in [-0.39, 0.29) is 0 Å². The Hall–Kier alpha value is -0.340. The van der Waals surface area contributed by atoms with Crippen molar-refractivity contribution in [2.45, 2.75) is 38.6 Å². The van der Waals surface area contributed by atoms with E-state index in [2.05, 4.69) is 53.3 Å². The first-order chi connectivity index (χ1) is 7.18. The summed E-state index contributed by atoms with van der Waals surface area (Å²) in [6.07, 6.45) is 2.57. The molecule has 1 saturated heterocycles. The van der Waals surface area contributed by atoms with Crippen LogP contribution in [0.15, 0.2) is 22.7 Å². The summed E-state index contributed by atoms with van der Waals surface area (Å²) in [7, 11) is 0. The van der Waals surface area contributed by atoms with Gasteiger partial charge in [-0.2, -0.15) is 0 Å². The third-order valence-corrected chi connectivity index (χ3v) is 3.80. The van der Waals surface area contributed by atoms with E-state index < -0.39 is 0 Å². The Morgan fingerprint density at radius 1 is 1.40 bits per heavy atom. The molecule has 0 amide bonds. The van der Waals surface area contributed by atoms with Crippen LogP contribution in [0.3, 0.4) is 0 Å². The van der Waals surface area contributed by atoms with Gasteiger partial charge in [-0.1, -0.05) is 41.9 Å². The second kappa shape index (κ2) is 4.67. The van der Waals surface area contributed by atoms with Gasteiger partial charge >= 0.3 is 0 Å². The zero-order chi connectivity index (χ0) is 10.8. The number of rotatable bonds is 2. The molecule has 15 heavy (non-hydrogen) atoms. The topological polar surface area (TPSA) is 12.0 Å². The fourth-order valence-electron chi connectivity index (χ4n) is 2.20. The highest BCUT2D eigenvalue weighted by Gasteiger charge is 2.17. The average molecular weight is 268 g/mol. The second-order valence-electron chi connectivity index (χ2n) is 4.58. The van der Waals surface area contributed by atoms with Gasteiger partial charge in [0.2, 0.25) is 0 Å². The van der Waals surface area contributed by atoms with Crippen LogP contribution in [0.4, 0.5) is 0 Å². The fraction of sp³-hybridized carbons (Fsp3) is 0.538. The summed E-state index contributed by atoms with van der Waals surface area (Å²) in [4.78, 5) is 0. The van der Waals surface area contributed by atoms with Crippen molar-refractivity contribution < 1.29 is 0 Å². The fourth-order valence-corrected chi connectivity index (χ4v) is 3.05. The van der Waals surface area contributed by atoms with Gasteiger partial charge in [-0.15, -0.1) is 0 Å². The minimum absolute atomic E-state index is 0.572. The number of halogens is 1. The molecule has 1 aromatic carbocycles. The van der Waals surface area contributed by atoms with E-state index in [0.717, 1.165) is 6.54 Å². The molecule has 2 rings (SSSR count). The van der Waals surface area contributed by atoms with E-state index in [1.165, 1.54) is 28.4 Å². The highest BCUT2D eigenvalue weighted by atomic mass is 79.9. The largest absolute Gasteiger partial charge is 0.310 e. The van der Waals surface area contributed by atoms with Gasteiger partial charge in [0.15, 0.2) is 0 Å². The van der Waals surface area contributed by atoms with Gasteiger partial charge in [0.1, 0.15) is 0 Å². The summed E-state index contributed by atoms with van der Waals surface area (Å²) >= 11 is 3.67. The van der Waals surface area contributed by atoms with Gasteiger partial charge < -0.3 is 5.32 Å². The van der Waals surface area contributed by atoms with E-state index in [9.17, 15) is 0 Å². The maximum absolute atomic E-state index is 3.67. The maximum Gasteiger partial charge on any atom is 0.0321 e. The molecule has 1 aromatic rings. The number of hydrogen-bond donors (Lipinski definition) is 1. The average Bonchev–Trinajstić information content (AvgIpc) is 2.69. The van der Waals surface area contributed by atoms with Crippen LogP contribution >= 0.6 is 15.9 Å². The molecule has 82 valence electrons. The molecule has 0 radical (unpaired) electrons. The van der Waals surface area contributed by atoms with Crippen molar-refractivity contribution in [3.63, 3.8) is 0 Å². The maximum atomic E-state index is 3.67. The first kappa shape index (κ1) is 11.2. The second-order valence-corrected chi connectivity index (χ2v) is 5.44. The lowest BCUT2D eigenvalue weighted by Gasteiger charge is -2.14. The summed E-state index contributed by atoms with van der Waals surface area (Å²) in [5.74, 6) is 0.588. The van der Waals surface area contributed by atoms with Gasteiger partial charge in [-0.25, -0.2) is 0 Å². The molecule has 0 aromatic heterocycles. The molecule has 0 aliphatic carbocycles. The van der Waals surface area contributed by atoms with Gasteiger partial charge in [-0.05, 0) is 42.5 Å². The normalized spacial score (nSPS) is 21.2. The molecule has 1 fully saturated rings. The Kier molecular flexibility index (Phi) is 3.47. The van der Waals surface area contributed by atoms with E-state index in [4.69, 9.17) is 0 Å². The van der Waals surface area contributed by atoms with Gasteiger partial charge in [-0.3, -0.25) is 0 Å². The molecule has 2 heteroatoms. The van der Waals surface area contributed by atoms with Crippen molar-refractivity contribution in [1.82, 2.24) is 5.32 Å². The molecule has 1 unspecified atom stereocenters. The predicted molar refractivity (Wildman–Crippen MR) is 68.2 cm³/mol. The minimum Gasteiger partial charge on any atom is -0.310 e. The molecule has 1 aliphatic heterocycles. The lowest BCUT2D eigenvalue weighted by molar-refractivity contribution is 0.646. The predicted octanol–water partition coefficient (Wildman–Crippen LogP) is 4.00. The molecule has 1 heterocycles. The molecule has 0 bridgehead atoms. The van der Waals surface area contributed by atoms with Crippen molar-refractivity contribution in [3.8, 4) is 0 Å². The summed E-state index contributed by atoms with van der Waals surface area (Å²) in [6.45, 7) is 5.62. The summed E-state index contributed by atoms with van der Waals surface area (Å²) in [5, 5.41) is 3.53. The third kappa shape index (κ3) is 2.43. The number of hydrogen-bond acceptors (Lipinski definition) is 1. The number of benzene rings is 1. The lowest BCUT2D eigenvalue weighted by Crippen LogP contribution is -2.12. The third-order valence-electron chi connectivity index (χ3n) is 3.11. The Balaban J connectivity index is 2.24. The first-order valence-corrected chi connectivity index (χ1v) is 6.50. The van der Waals surface area contributed by atoms with Crippen molar-refractivity contribution in [2.24, 2.45) is 0 Å². The van der Waals surface area contributed by atoms with E-state index in [1.54, 1.807) is 0 Å². The molecule has 1 N–H and O–H groups in total. The number of nitrogens with one attached hydrogen (secondary N) is 1. The Labute approximate surface area is 100 Å². The summed E-state index contributed by atoms with van der Waals surface area (Å²) in [6, 6.07) is 7.37. The van der Waals surface area contributed by atoms with Crippen LogP contribution in [0.25, 0.3) is 0 Å². The molecule has 0 spiro atoms. The van der Waals surface area contributed by atoms with Crippen LogP contribution in [0.1, 0.15) is 49.8 Å². The van der Waals surface area contributed by atoms with Crippen LogP contribution in [-0.2, 0) is 0 Å². The van der Waals surface area contributed by atoms with Crippen LogP contribution in [0.5, 0.6) is 0 Å². The van der Waals surface area contributed by atoms with E-state index in [1.807, 2.05) is 0 Å². The Morgan fingerprint density at radius 2 is 2.20 bits per heavy atom. The molecule has 1 nitrogen and oxygen atoms in total. The summed E-state index contributed by atoms with van der Waals surface area (Å²) < 4.78 is 1.25. The van der Waals surface area contributed by atoms with Crippen LogP contribution in [-0.4, -0.2) is 6.54 Å². The molecule has 1 aliphatic rings. The minimum atomic E-state index is 0.572. The zero-order valence-electron chi connectivity index (χ0n) is 9.39. The Morgan fingerprint density at radius 3 is 2.73 bits per heavy atom. The molecule has 0 saturated carbocycles. The SMILES string of the molecule is CC(C)c1ccc(C2CCCN2)cc1Br. The quantitative estimate of drug-likeness (QED) is 0.855. The van der Waals surface area contributed by atoms with Crippen molar-refractivity contribution in [1.29, 1.82) is 0 Å². The van der Waals surface area contributed by atoms with Gasteiger partial charge in [0.05, 0.1) is 0 Å². The monoisotopic (exact) mass is 267 g/mol. The van der Waals surface area contributed by atoms with Crippen LogP contribution in [0, 0.1) is 0 Å². The van der Waals surface area contributed by atoms with Gasteiger partial charge in [0.25, 0.3) is 0 Å². The highest BCUT2D eigenvalue weighted by Crippen LogP contribution is 2.30. The standard InChI is InChI=1S/C13H18BrN/c1-9(2)11-6-5-10(8-12(11)14)13-4-3-7-15-13/h5-6,8-9,13,15H,3-4,7H2,1-2H3. The molecule has 1 atom stereocenters. The first-order valence-electron chi connectivity index (χ1n) is 5.71. The van der Waals surface area contributed by atoms with Crippen LogP contribution in [0.2, 0.25) is 0 Å². The lowest BCUT2D eigenvalue weighted by atomic mass is 9.98. The van der Waals surface area contributed by atoms with E-state index >= 15 is 0 Å². The van der Waals surface area contributed by atoms with Crippen LogP contribution < -0.4 is 5.32 Å². The van der Waals surface area contributed by atoms with Gasteiger partial charge in [0, 0.05) is 10.5 Å². The highest BCUT2D eigenvalue weighted by molar-refractivity contribution is 9.10. The van der Waals surface area contributed by atoms with Crippen molar-refractivity contribution in [3.05, 3.63) is 33.8 Å². The Bertz CT molecular complexity index is 340. The summed E-state index contributed by atoms with van der Waals surface area (Å²) in [5.41, 5.74) is 2.82. The smallest absolute Gasteiger partial charge is 0.0321 e. The van der Waals surface area contributed by atoms with Crippen molar-refractivity contribution in [2.75, 3.05) is 6.54 Å². The molecular formula is C13H18BrN. The zero-order valence-corrected chi connectivity index (χ0v) is 11.0. The van der Waals surface area contributed by atoms with E-state index in [0.29, 0.717) is 12.0 Å².